The molecule has 55 heavy (non-hydrogen) atoms. The van der Waals surface area contributed by atoms with Crippen LogP contribution in [0.1, 0.15) is 0 Å². The van der Waals surface area contributed by atoms with E-state index in [4.69, 9.17) is 4.42 Å². The molecule has 0 saturated heterocycles. The molecule has 0 bridgehead atoms. The van der Waals surface area contributed by atoms with Crippen LogP contribution in [0.4, 0.5) is 17.1 Å². The lowest BCUT2D eigenvalue weighted by Crippen LogP contribution is -2.10. The van der Waals surface area contributed by atoms with Gasteiger partial charge in [0.05, 0.1) is 11.0 Å². The molecule has 3 heteroatoms. The SMILES string of the molecule is c1cc(N(c2ccc(-c3ccc4ccccc4c3)cc2)c2ccc(-c3ccc4oc5ccccc5c4c3)cc2)cc(-n2c3ccccc3c3ccccc32)c1. The first-order valence-electron chi connectivity index (χ1n) is 18.7. The summed E-state index contributed by atoms with van der Waals surface area (Å²) in [7, 11) is 0. The molecule has 0 aliphatic rings. The number of rotatable bonds is 6. The van der Waals surface area contributed by atoms with Crippen LogP contribution in [0.5, 0.6) is 0 Å². The average Bonchev–Trinajstić information content (AvgIpc) is 3.80. The molecule has 0 spiro atoms. The summed E-state index contributed by atoms with van der Waals surface area (Å²) in [6.07, 6.45) is 0. The van der Waals surface area contributed by atoms with Gasteiger partial charge in [-0.25, -0.2) is 0 Å². The van der Waals surface area contributed by atoms with Crippen molar-refractivity contribution in [1.29, 1.82) is 0 Å². The first-order chi connectivity index (χ1) is 27.2. The van der Waals surface area contributed by atoms with Crippen molar-refractivity contribution < 1.29 is 4.42 Å². The predicted octanol–water partition coefficient (Wildman–Crippen LogP) is 14.6. The van der Waals surface area contributed by atoms with Crippen LogP contribution >= 0.6 is 0 Å². The van der Waals surface area contributed by atoms with Crippen molar-refractivity contribution in [2.45, 2.75) is 0 Å². The summed E-state index contributed by atoms with van der Waals surface area (Å²) in [4.78, 5) is 2.36. The van der Waals surface area contributed by atoms with E-state index in [2.05, 4.69) is 204 Å². The second-order valence-corrected chi connectivity index (χ2v) is 14.2. The van der Waals surface area contributed by atoms with E-state index < -0.39 is 0 Å². The van der Waals surface area contributed by atoms with Crippen LogP contribution < -0.4 is 4.90 Å². The van der Waals surface area contributed by atoms with Crippen molar-refractivity contribution in [1.82, 2.24) is 4.57 Å². The number of benzene rings is 9. The first kappa shape index (κ1) is 31.2. The van der Waals surface area contributed by atoms with Crippen LogP contribution in [-0.2, 0) is 0 Å². The van der Waals surface area contributed by atoms with Gasteiger partial charge in [-0.1, -0.05) is 127 Å². The van der Waals surface area contributed by atoms with Crippen molar-refractivity contribution in [3.8, 4) is 27.9 Å². The number of anilines is 3. The van der Waals surface area contributed by atoms with Gasteiger partial charge in [0.2, 0.25) is 0 Å². The molecule has 0 saturated carbocycles. The number of hydrogen-bond acceptors (Lipinski definition) is 2. The number of furan rings is 1. The molecular formula is C52H34N2O. The van der Waals surface area contributed by atoms with E-state index in [-0.39, 0.29) is 0 Å². The van der Waals surface area contributed by atoms with Gasteiger partial charge in [0.15, 0.2) is 0 Å². The lowest BCUT2D eigenvalue weighted by molar-refractivity contribution is 0.669. The Kier molecular flexibility index (Phi) is 7.17. The standard InChI is InChI=1S/C52H34N2O/c1-2-11-38-32-39(21-20-35(38)10-1)36-22-27-41(28-23-36)53(42-29-24-37(25-30-42)40-26-31-52-48(33-40)47-16-5-8-19-51(47)55-52)43-12-9-13-44(34-43)54-49-17-6-3-14-45(49)46-15-4-7-18-50(46)54/h1-34H. The fourth-order valence-electron chi connectivity index (χ4n) is 8.30. The van der Waals surface area contributed by atoms with Crippen LogP contribution in [0.3, 0.4) is 0 Å². The van der Waals surface area contributed by atoms with Gasteiger partial charge < -0.3 is 13.9 Å². The Morgan fingerprint density at radius 1 is 0.327 bits per heavy atom. The quantitative estimate of drug-likeness (QED) is 0.172. The topological polar surface area (TPSA) is 21.3 Å². The number of nitrogens with zero attached hydrogens (tertiary/aromatic N) is 2. The summed E-state index contributed by atoms with van der Waals surface area (Å²) in [5.41, 5.74) is 13.3. The minimum atomic E-state index is 0.906. The minimum absolute atomic E-state index is 0.906. The third-order valence-corrected chi connectivity index (χ3v) is 11.0. The van der Waals surface area contributed by atoms with Gasteiger partial charge in [0.1, 0.15) is 11.2 Å². The Hall–Kier alpha value is -7.36. The zero-order valence-electron chi connectivity index (χ0n) is 29.9. The normalized spacial score (nSPS) is 11.6. The average molecular weight is 703 g/mol. The lowest BCUT2D eigenvalue weighted by atomic mass is 10.0. The molecule has 11 aromatic rings. The number of fused-ring (bicyclic) bond motifs is 7. The highest BCUT2D eigenvalue weighted by molar-refractivity contribution is 6.09. The fraction of sp³-hybridized carbons (Fsp3) is 0. The van der Waals surface area contributed by atoms with Crippen LogP contribution in [0.15, 0.2) is 211 Å². The molecule has 11 rings (SSSR count). The van der Waals surface area contributed by atoms with Crippen molar-refractivity contribution >= 4 is 71.6 Å². The smallest absolute Gasteiger partial charge is 0.135 e. The molecule has 0 radical (unpaired) electrons. The molecule has 0 aliphatic carbocycles. The molecule has 0 N–H and O–H groups in total. The van der Waals surface area contributed by atoms with Gasteiger partial charge >= 0.3 is 0 Å². The Balaban J connectivity index is 1.03. The van der Waals surface area contributed by atoms with Crippen LogP contribution in [0.2, 0.25) is 0 Å². The molecule has 0 fully saturated rings. The highest BCUT2D eigenvalue weighted by atomic mass is 16.3. The summed E-state index contributed by atoms with van der Waals surface area (Å²) in [5.74, 6) is 0. The highest BCUT2D eigenvalue weighted by Crippen LogP contribution is 2.40. The van der Waals surface area contributed by atoms with E-state index in [1.165, 1.54) is 43.7 Å². The Morgan fingerprint density at radius 3 is 1.58 bits per heavy atom. The molecule has 2 heterocycles. The predicted molar refractivity (Wildman–Crippen MR) is 231 cm³/mol. The zero-order valence-corrected chi connectivity index (χ0v) is 29.9. The molecule has 9 aromatic carbocycles. The monoisotopic (exact) mass is 702 g/mol. The highest BCUT2D eigenvalue weighted by Gasteiger charge is 2.17. The van der Waals surface area contributed by atoms with E-state index in [9.17, 15) is 0 Å². The molecule has 0 atom stereocenters. The van der Waals surface area contributed by atoms with E-state index in [1.807, 2.05) is 12.1 Å². The molecular weight excluding hydrogens is 669 g/mol. The van der Waals surface area contributed by atoms with E-state index in [0.29, 0.717) is 0 Å². The molecule has 0 unspecified atom stereocenters. The second kappa shape index (κ2) is 12.6. The minimum Gasteiger partial charge on any atom is -0.456 e. The lowest BCUT2D eigenvalue weighted by Gasteiger charge is -2.26. The number of para-hydroxylation sites is 3. The third kappa shape index (κ3) is 5.28. The molecule has 0 aliphatic heterocycles. The molecule has 0 amide bonds. The van der Waals surface area contributed by atoms with E-state index in [1.54, 1.807) is 0 Å². The van der Waals surface area contributed by atoms with Gasteiger partial charge in [0.25, 0.3) is 0 Å². The maximum absolute atomic E-state index is 6.12. The van der Waals surface area contributed by atoms with Gasteiger partial charge in [-0.3, -0.25) is 0 Å². The Bertz CT molecular complexity index is 3150. The van der Waals surface area contributed by atoms with E-state index in [0.717, 1.165) is 55.8 Å². The fourth-order valence-corrected chi connectivity index (χ4v) is 8.30. The van der Waals surface area contributed by atoms with Gasteiger partial charge in [0, 0.05) is 44.3 Å². The molecule has 3 nitrogen and oxygen atoms in total. The second-order valence-electron chi connectivity index (χ2n) is 14.2. The Morgan fingerprint density at radius 2 is 0.873 bits per heavy atom. The maximum Gasteiger partial charge on any atom is 0.135 e. The summed E-state index contributed by atoms with van der Waals surface area (Å²) >= 11 is 0. The maximum atomic E-state index is 6.12. The third-order valence-electron chi connectivity index (χ3n) is 11.0. The van der Waals surface area contributed by atoms with Crippen molar-refractivity contribution in [2.75, 3.05) is 4.90 Å². The van der Waals surface area contributed by atoms with Crippen LogP contribution in [0, 0.1) is 0 Å². The molecule has 258 valence electrons. The van der Waals surface area contributed by atoms with Crippen molar-refractivity contribution in [3.63, 3.8) is 0 Å². The number of hydrogen-bond donors (Lipinski definition) is 0. The summed E-state index contributed by atoms with van der Waals surface area (Å²) in [5, 5.41) is 7.26. The van der Waals surface area contributed by atoms with Gasteiger partial charge in [-0.05, 0) is 112 Å². The largest absolute Gasteiger partial charge is 0.456 e. The van der Waals surface area contributed by atoms with Crippen LogP contribution in [0.25, 0.3) is 82.5 Å². The van der Waals surface area contributed by atoms with Gasteiger partial charge in [-0.15, -0.1) is 0 Å². The van der Waals surface area contributed by atoms with Crippen molar-refractivity contribution in [2.24, 2.45) is 0 Å². The summed E-state index contributed by atoms with van der Waals surface area (Å²) in [6, 6.07) is 74.1. The van der Waals surface area contributed by atoms with E-state index >= 15 is 0 Å². The first-order valence-corrected chi connectivity index (χ1v) is 18.7. The van der Waals surface area contributed by atoms with Crippen LogP contribution in [-0.4, -0.2) is 4.57 Å². The van der Waals surface area contributed by atoms with Gasteiger partial charge in [-0.2, -0.15) is 0 Å². The van der Waals surface area contributed by atoms with Crippen molar-refractivity contribution in [3.05, 3.63) is 206 Å². The summed E-state index contributed by atoms with van der Waals surface area (Å²) in [6.45, 7) is 0. The Labute approximate surface area is 318 Å². The number of aromatic nitrogens is 1. The summed E-state index contributed by atoms with van der Waals surface area (Å²) < 4.78 is 8.51. The molecule has 2 aromatic heterocycles. The zero-order chi connectivity index (χ0) is 36.3.